The average Bonchev–Trinajstić information content (AvgIpc) is 2.41. The molecule has 0 aromatic rings. The molecular weight excluding hydrogens is 264 g/mol. The second-order valence-electron chi connectivity index (χ2n) is 3.54. The quantitative estimate of drug-likeness (QED) is 0.335. The molecule has 0 heterocycles. The van der Waals surface area contributed by atoms with Crippen LogP contribution < -0.4 is 0 Å². The minimum Gasteiger partial charge on any atom is -0.477 e. The molecule has 0 unspecified atom stereocenters. The number of carbonyl (C=O) groups is 2. The minimum atomic E-state index is -1.26. The van der Waals surface area contributed by atoms with E-state index in [4.69, 9.17) is 20.4 Å². The van der Waals surface area contributed by atoms with Crippen molar-refractivity contribution in [3.05, 3.63) is 24.3 Å². The van der Waals surface area contributed by atoms with Gasteiger partial charge < -0.3 is 14.6 Å². The van der Waals surface area contributed by atoms with Crippen LogP contribution in [0.2, 0.25) is 0 Å². The summed E-state index contributed by atoms with van der Waals surface area (Å²) in [6.07, 6.45) is 0.109. The summed E-state index contributed by atoms with van der Waals surface area (Å²) in [5.74, 6) is -1.95. The van der Waals surface area contributed by atoms with Crippen molar-refractivity contribution in [2.24, 2.45) is 0 Å². The van der Waals surface area contributed by atoms with Gasteiger partial charge in [0.15, 0.2) is 0 Å². The second-order valence-corrected chi connectivity index (χ2v) is 3.54. The lowest BCUT2D eigenvalue weighted by Gasteiger charge is -2.07. The van der Waals surface area contributed by atoms with Crippen molar-refractivity contribution < 1.29 is 24.2 Å². The molecule has 0 amide bonds. The van der Waals surface area contributed by atoms with E-state index in [1.165, 1.54) is 6.07 Å². The van der Waals surface area contributed by atoms with E-state index >= 15 is 0 Å². The van der Waals surface area contributed by atoms with Crippen LogP contribution in [-0.4, -0.2) is 36.4 Å². The summed E-state index contributed by atoms with van der Waals surface area (Å²) < 4.78 is 9.77. The van der Waals surface area contributed by atoms with E-state index in [9.17, 15) is 9.59 Å². The van der Waals surface area contributed by atoms with Gasteiger partial charge in [-0.15, -0.1) is 0 Å². The van der Waals surface area contributed by atoms with Gasteiger partial charge in [0, 0.05) is 0 Å². The van der Waals surface area contributed by atoms with Crippen LogP contribution in [0, 0.1) is 22.7 Å². The number of aliphatic carboxylic acids is 1. The zero-order valence-corrected chi connectivity index (χ0v) is 11.4. The molecule has 0 aliphatic rings. The highest BCUT2D eigenvalue weighted by Crippen LogP contribution is 1.93. The largest absolute Gasteiger partial charge is 0.477 e. The van der Waals surface area contributed by atoms with Gasteiger partial charge in [-0.25, -0.2) is 9.59 Å². The number of hydrogen-bond donors (Lipinski definition) is 1. The predicted molar refractivity (Wildman–Crippen MR) is 69.2 cm³/mol. The van der Waals surface area contributed by atoms with Gasteiger partial charge >= 0.3 is 11.9 Å². The topological polar surface area (TPSA) is 120 Å². The van der Waals surface area contributed by atoms with Crippen LogP contribution in [0.25, 0.3) is 0 Å². The Hall–Kier alpha value is -2.64. The van der Waals surface area contributed by atoms with Gasteiger partial charge in [0.25, 0.3) is 0 Å². The number of rotatable bonds is 6. The van der Waals surface area contributed by atoms with E-state index < -0.39 is 17.5 Å². The van der Waals surface area contributed by atoms with Crippen LogP contribution in [0.15, 0.2) is 24.3 Å². The Morgan fingerprint density at radius 3 is 1.95 bits per heavy atom. The minimum absolute atomic E-state index is 0.109. The van der Waals surface area contributed by atoms with E-state index in [1.54, 1.807) is 6.07 Å². The van der Waals surface area contributed by atoms with Gasteiger partial charge in [-0.05, 0) is 13.8 Å². The molecule has 0 bridgehead atoms. The molecule has 0 radical (unpaired) electrons. The van der Waals surface area contributed by atoms with Crippen molar-refractivity contribution in [2.45, 2.75) is 20.0 Å². The standard InChI is InChI=1S/C9H13NO3.C4H3NO2/c1-7(2)12-4-5-13-9(11)8(3)6-10;1-3(2-5)4(6)7/h7H,3-5H2,1-2H3;1H2,(H,6,7). The van der Waals surface area contributed by atoms with Gasteiger partial charge in [-0.2, -0.15) is 10.5 Å². The van der Waals surface area contributed by atoms with Crippen molar-refractivity contribution in [3.63, 3.8) is 0 Å². The molecule has 0 fully saturated rings. The summed E-state index contributed by atoms with van der Waals surface area (Å²) in [4.78, 5) is 20.4. The summed E-state index contributed by atoms with van der Waals surface area (Å²) in [6, 6.07) is 2.97. The third kappa shape index (κ3) is 11.8. The molecule has 7 heteroatoms. The van der Waals surface area contributed by atoms with Gasteiger partial charge in [-0.3, -0.25) is 0 Å². The maximum Gasteiger partial charge on any atom is 0.348 e. The molecule has 0 spiro atoms. The highest BCUT2D eigenvalue weighted by molar-refractivity contribution is 5.91. The molecule has 0 aromatic heterocycles. The predicted octanol–water partition coefficient (Wildman–Crippen LogP) is 1.19. The van der Waals surface area contributed by atoms with Gasteiger partial charge in [0.05, 0.1) is 12.7 Å². The number of ether oxygens (including phenoxy) is 2. The van der Waals surface area contributed by atoms with Gasteiger partial charge in [-0.1, -0.05) is 13.2 Å². The summed E-state index contributed by atoms with van der Waals surface area (Å²) in [6.45, 7) is 10.4. The molecular formula is C13H16N2O5. The van der Waals surface area contributed by atoms with Crippen LogP contribution >= 0.6 is 0 Å². The van der Waals surface area contributed by atoms with Crippen LogP contribution in [0.5, 0.6) is 0 Å². The molecule has 0 aliphatic heterocycles. The Morgan fingerprint density at radius 1 is 1.15 bits per heavy atom. The molecule has 20 heavy (non-hydrogen) atoms. The Labute approximate surface area is 117 Å². The maximum absolute atomic E-state index is 10.8. The third-order valence-corrected chi connectivity index (χ3v) is 1.54. The number of nitriles is 2. The fraction of sp³-hybridized carbons (Fsp3) is 0.385. The highest BCUT2D eigenvalue weighted by atomic mass is 16.6. The summed E-state index contributed by atoms with van der Waals surface area (Å²) in [5, 5.41) is 23.9. The average molecular weight is 280 g/mol. The lowest BCUT2D eigenvalue weighted by molar-refractivity contribution is -0.140. The Balaban J connectivity index is 0. The van der Waals surface area contributed by atoms with Crippen molar-refractivity contribution in [2.75, 3.05) is 13.2 Å². The van der Waals surface area contributed by atoms with E-state index in [1.807, 2.05) is 13.8 Å². The van der Waals surface area contributed by atoms with Gasteiger partial charge in [0.1, 0.15) is 29.9 Å². The first-order chi connectivity index (χ1) is 9.26. The zero-order chi connectivity index (χ0) is 16.1. The molecule has 108 valence electrons. The fourth-order valence-electron chi connectivity index (χ4n) is 0.599. The third-order valence-electron chi connectivity index (χ3n) is 1.54. The van der Waals surface area contributed by atoms with Crippen LogP contribution in [0.1, 0.15) is 13.8 Å². The maximum atomic E-state index is 10.8. The first-order valence-electron chi connectivity index (χ1n) is 5.46. The molecule has 0 aromatic carbocycles. The monoisotopic (exact) mass is 280 g/mol. The molecule has 0 aliphatic carbocycles. The van der Waals surface area contributed by atoms with E-state index in [2.05, 4.69) is 17.9 Å². The summed E-state index contributed by atoms with van der Waals surface area (Å²) >= 11 is 0. The SMILES string of the molecule is C=C(C#N)C(=O)O.C=C(C#N)C(=O)OCCOC(C)C. The lowest BCUT2D eigenvalue weighted by atomic mass is 10.3. The molecule has 0 saturated heterocycles. The van der Waals surface area contributed by atoms with Gasteiger partial charge in [0.2, 0.25) is 0 Å². The normalized spacial score (nSPS) is 8.45. The first-order valence-corrected chi connectivity index (χ1v) is 5.46. The van der Waals surface area contributed by atoms with E-state index in [0.29, 0.717) is 6.61 Å². The number of carbonyl (C=O) groups excluding carboxylic acids is 1. The Kier molecular flexibility index (Phi) is 11.3. The van der Waals surface area contributed by atoms with E-state index in [0.717, 1.165) is 0 Å². The first kappa shape index (κ1) is 19.7. The number of carboxylic acid groups (broad SMARTS) is 1. The Bertz CT molecular complexity index is 454. The van der Waals surface area contributed by atoms with Crippen molar-refractivity contribution in [3.8, 4) is 12.1 Å². The fourth-order valence-corrected chi connectivity index (χ4v) is 0.599. The zero-order valence-electron chi connectivity index (χ0n) is 11.4. The van der Waals surface area contributed by atoms with E-state index in [-0.39, 0.29) is 18.3 Å². The van der Waals surface area contributed by atoms with Crippen LogP contribution in [0.4, 0.5) is 0 Å². The smallest absolute Gasteiger partial charge is 0.348 e. The molecule has 7 nitrogen and oxygen atoms in total. The number of hydrogen-bond acceptors (Lipinski definition) is 6. The second kappa shape index (κ2) is 11.5. The number of nitrogens with zero attached hydrogens (tertiary/aromatic N) is 2. The summed E-state index contributed by atoms with van der Waals surface area (Å²) in [5.41, 5.74) is -0.621. The lowest BCUT2D eigenvalue weighted by Crippen LogP contribution is -2.13. The Morgan fingerprint density at radius 2 is 1.65 bits per heavy atom. The number of carboxylic acids is 1. The van der Waals surface area contributed by atoms with Crippen LogP contribution in [-0.2, 0) is 19.1 Å². The van der Waals surface area contributed by atoms with Crippen molar-refractivity contribution >= 4 is 11.9 Å². The van der Waals surface area contributed by atoms with Crippen molar-refractivity contribution in [1.82, 2.24) is 0 Å². The van der Waals surface area contributed by atoms with Crippen molar-refractivity contribution in [1.29, 1.82) is 10.5 Å². The van der Waals surface area contributed by atoms with Crippen LogP contribution in [0.3, 0.4) is 0 Å². The highest BCUT2D eigenvalue weighted by Gasteiger charge is 2.06. The molecule has 0 atom stereocenters. The molecule has 0 rings (SSSR count). The summed E-state index contributed by atoms with van der Waals surface area (Å²) in [7, 11) is 0. The molecule has 1 N–H and O–H groups in total. The molecule has 0 saturated carbocycles. The number of esters is 1.